The number of benzene rings is 1. The maximum absolute atomic E-state index is 13.5. The summed E-state index contributed by atoms with van der Waals surface area (Å²) in [6.07, 6.45) is 4.69. The van der Waals surface area contributed by atoms with Gasteiger partial charge < -0.3 is 14.6 Å². The highest BCUT2D eigenvalue weighted by Gasteiger charge is 2.33. The standard InChI is InChI=1S/C24H26N6O5S/c1-15-11-27-18(13-26-15)23(31)16(2)36(32,33)14-21-28-29-24(17-7-6-10-25-12-17)30(21)22-19(34-3)8-5-9-20(22)35-4/h5-13,16,23,31H,14H2,1-4H3/t16-,23-/m1/s1. The van der Waals surface area contributed by atoms with Gasteiger partial charge in [-0.15, -0.1) is 10.2 Å². The topological polar surface area (TPSA) is 142 Å². The van der Waals surface area contributed by atoms with Crippen molar-refractivity contribution in [2.45, 2.75) is 31.0 Å². The van der Waals surface area contributed by atoms with Crippen molar-refractivity contribution in [3.8, 4) is 28.6 Å². The molecule has 1 N–H and O–H groups in total. The molecule has 4 rings (SSSR count). The van der Waals surface area contributed by atoms with Gasteiger partial charge in [0.1, 0.15) is 29.0 Å². The fourth-order valence-electron chi connectivity index (χ4n) is 3.68. The smallest absolute Gasteiger partial charge is 0.170 e. The SMILES string of the molecule is COc1cccc(OC)c1-n1c(CS(=O)(=O)[C@H](C)[C@@H](O)c2cnc(C)cn2)nnc1-c1cccnc1. The van der Waals surface area contributed by atoms with Crippen molar-refractivity contribution < 1.29 is 23.0 Å². The molecule has 0 saturated carbocycles. The van der Waals surface area contributed by atoms with Crippen molar-refractivity contribution in [2.75, 3.05) is 14.2 Å². The largest absolute Gasteiger partial charge is 0.494 e. The molecule has 0 aliphatic heterocycles. The van der Waals surface area contributed by atoms with Gasteiger partial charge in [-0.3, -0.25) is 19.5 Å². The number of ether oxygens (including phenoxy) is 2. The molecular formula is C24H26N6O5S. The number of para-hydroxylation sites is 1. The summed E-state index contributed by atoms with van der Waals surface area (Å²) >= 11 is 0. The Kier molecular flexibility index (Phi) is 7.27. The minimum Gasteiger partial charge on any atom is -0.494 e. The van der Waals surface area contributed by atoms with Crippen molar-refractivity contribution >= 4 is 9.84 Å². The Labute approximate surface area is 208 Å². The first-order valence-corrected chi connectivity index (χ1v) is 12.7. The number of sulfone groups is 1. The summed E-state index contributed by atoms with van der Waals surface area (Å²) in [4.78, 5) is 12.4. The molecule has 188 valence electrons. The predicted molar refractivity (Wildman–Crippen MR) is 132 cm³/mol. The highest BCUT2D eigenvalue weighted by Crippen LogP contribution is 2.37. The molecule has 12 heteroatoms. The molecule has 3 heterocycles. The molecule has 4 aromatic rings. The van der Waals surface area contributed by atoms with E-state index >= 15 is 0 Å². The number of methoxy groups -OCH3 is 2. The fraction of sp³-hybridized carbons (Fsp3) is 0.292. The van der Waals surface area contributed by atoms with E-state index < -0.39 is 26.9 Å². The molecular weight excluding hydrogens is 484 g/mol. The molecule has 0 amide bonds. The van der Waals surface area contributed by atoms with E-state index in [1.807, 2.05) is 0 Å². The van der Waals surface area contributed by atoms with Gasteiger partial charge in [0.05, 0.1) is 37.1 Å². The van der Waals surface area contributed by atoms with Crippen LogP contribution in [0.1, 0.15) is 30.2 Å². The Balaban J connectivity index is 1.81. The van der Waals surface area contributed by atoms with E-state index in [-0.39, 0.29) is 11.5 Å². The van der Waals surface area contributed by atoms with Crippen molar-refractivity contribution in [2.24, 2.45) is 0 Å². The van der Waals surface area contributed by atoms with Gasteiger partial charge in [0, 0.05) is 24.2 Å². The van der Waals surface area contributed by atoms with Gasteiger partial charge in [-0.25, -0.2) is 8.42 Å². The molecule has 1 aromatic carbocycles. The summed E-state index contributed by atoms with van der Waals surface area (Å²) in [5.74, 6) is 0.820. The Bertz CT molecular complexity index is 1420. The van der Waals surface area contributed by atoms with E-state index in [0.717, 1.165) is 0 Å². The lowest BCUT2D eigenvalue weighted by atomic mass is 10.2. The molecule has 0 unspecified atom stereocenters. The number of hydrogen-bond donors (Lipinski definition) is 1. The van der Waals surface area contributed by atoms with Crippen LogP contribution in [0.2, 0.25) is 0 Å². The van der Waals surface area contributed by atoms with Crippen molar-refractivity contribution in [1.82, 2.24) is 29.7 Å². The lowest BCUT2D eigenvalue weighted by Crippen LogP contribution is -2.28. The minimum absolute atomic E-state index is 0.116. The second-order valence-electron chi connectivity index (χ2n) is 8.07. The number of rotatable bonds is 9. The monoisotopic (exact) mass is 510 g/mol. The number of aromatic nitrogens is 6. The number of nitrogens with zero attached hydrogens (tertiary/aromatic N) is 6. The Morgan fingerprint density at radius 3 is 2.31 bits per heavy atom. The van der Waals surface area contributed by atoms with Gasteiger partial charge in [0.2, 0.25) is 0 Å². The second kappa shape index (κ2) is 10.4. The van der Waals surface area contributed by atoms with E-state index in [1.54, 1.807) is 54.2 Å². The summed E-state index contributed by atoms with van der Waals surface area (Å²) in [5, 5.41) is 18.1. The fourth-order valence-corrected chi connectivity index (χ4v) is 5.02. The molecule has 11 nitrogen and oxygen atoms in total. The molecule has 0 bridgehead atoms. The molecule has 36 heavy (non-hydrogen) atoms. The van der Waals surface area contributed by atoms with E-state index in [0.29, 0.717) is 34.3 Å². The van der Waals surface area contributed by atoms with E-state index in [4.69, 9.17) is 9.47 Å². The van der Waals surface area contributed by atoms with Gasteiger partial charge >= 0.3 is 0 Å². The average Bonchev–Trinajstić information content (AvgIpc) is 3.30. The van der Waals surface area contributed by atoms with E-state index in [2.05, 4.69) is 25.1 Å². The molecule has 3 aromatic heterocycles. The number of aryl methyl sites for hydroxylation is 1. The summed E-state index contributed by atoms with van der Waals surface area (Å²) in [6.45, 7) is 3.18. The Morgan fingerprint density at radius 2 is 1.72 bits per heavy atom. The van der Waals surface area contributed by atoms with Crippen molar-refractivity contribution in [3.63, 3.8) is 0 Å². The maximum atomic E-state index is 13.5. The number of aliphatic hydroxyl groups excluding tert-OH is 1. The first kappa shape index (κ1) is 25.2. The van der Waals surface area contributed by atoms with Crippen LogP contribution >= 0.6 is 0 Å². The average molecular weight is 511 g/mol. The summed E-state index contributed by atoms with van der Waals surface area (Å²) in [6, 6.07) is 8.74. The molecule has 0 radical (unpaired) electrons. The van der Waals surface area contributed by atoms with Gasteiger partial charge in [0.15, 0.2) is 21.5 Å². The van der Waals surface area contributed by atoms with Crippen LogP contribution in [0.3, 0.4) is 0 Å². The van der Waals surface area contributed by atoms with Crippen molar-refractivity contribution in [1.29, 1.82) is 0 Å². The van der Waals surface area contributed by atoms with Crippen LogP contribution in [0.4, 0.5) is 0 Å². The van der Waals surface area contributed by atoms with Crippen molar-refractivity contribution in [3.05, 3.63) is 72.3 Å². The van der Waals surface area contributed by atoms with Crippen LogP contribution in [-0.4, -0.2) is 62.7 Å². The van der Waals surface area contributed by atoms with Gasteiger partial charge in [-0.2, -0.15) is 0 Å². The zero-order valence-electron chi connectivity index (χ0n) is 20.2. The third-order valence-corrected chi connectivity index (χ3v) is 7.77. The summed E-state index contributed by atoms with van der Waals surface area (Å²) in [5.41, 5.74) is 1.88. The normalized spacial score (nSPS) is 13.2. The van der Waals surface area contributed by atoms with Crippen LogP contribution in [0.5, 0.6) is 11.5 Å². The molecule has 0 fully saturated rings. The van der Waals surface area contributed by atoms with Crippen LogP contribution in [0.25, 0.3) is 17.1 Å². The minimum atomic E-state index is -3.95. The number of hydrogen-bond acceptors (Lipinski definition) is 10. The Morgan fingerprint density at radius 1 is 1.00 bits per heavy atom. The first-order valence-electron chi connectivity index (χ1n) is 11.0. The van der Waals surface area contributed by atoms with Crippen LogP contribution in [0.15, 0.2) is 55.1 Å². The summed E-state index contributed by atoms with van der Waals surface area (Å²) < 4.78 is 39.6. The highest BCUT2D eigenvalue weighted by molar-refractivity contribution is 7.91. The number of aliphatic hydroxyl groups is 1. The second-order valence-corrected chi connectivity index (χ2v) is 10.4. The van der Waals surface area contributed by atoms with Gasteiger partial charge in [0.25, 0.3) is 0 Å². The molecule has 0 saturated heterocycles. The summed E-state index contributed by atoms with van der Waals surface area (Å²) in [7, 11) is -0.940. The lowest BCUT2D eigenvalue weighted by Gasteiger charge is -2.20. The molecule has 0 spiro atoms. The number of pyridine rings is 1. The molecule has 2 atom stereocenters. The predicted octanol–water partition coefficient (Wildman–Crippen LogP) is 2.48. The van der Waals surface area contributed by atoms with Crippen LogP contribution < -0.4 is 9.47 Å². The van der Waals surface area contributed by atoms with Crippen LogP contribution in [0, 0.1) is 6.92 Å². The quantitative estimate of drug-likeness (QED) is 0.357. The zero-order valence-corrected chi connectivity index (χ0v) is 21.0. The molecule has 0 aliphatic carbocycles. The van der Waals surface area contributed by atoms with Gasteiger partial charge in [-0.05, 0) is 38.1 Å². The van der Waals surface area contributed by atoms with E-state index in [1.165, 1.54) is 33.5 Å². The van der Waals surface area contributed by atoms with Gasteiger partial charge in [-0.1, -0.05) is 6.07 Å². The maximum Gasteiger partial charge on any atom is 0.170 e. The first-order chi connectivity index (χ1) is 17.3. The Hall–Kier alpha value is -3.90. The third kappa shape index (κ3) is 4.90. The molecule has 0 aliphatic rings. The highest BCUT2D eigenvalue weighted by atomic mass is 32.2. The van der Waals surface area contributed by atoms with Crippen LogP contribution in [-0.2, 0) is 15.6 Å². The zero-order chi connectivity index (χ0) is 25.9. The lowest BCUT2D eigenvalue weighted by molar-refractivity contribution is 0.170. The third-order valence-electron chi connectivity index (χ3n) is 5.72. The van der Waals surface area contributed by atoms with E-state index in [9.17, 15) is 13.5 Å².